The molecule has 0 unspecified atom stereocenters. The van der Waals surface area contributed by atoms with Crippen molar-refractivity contribution in [1.29, 1.82) is 0 Å². The van der Waals surface area contributed by atoms with Gasteiger partial charge in [-0.1, -0.05) is 42.0 Å². The minimum atomic E-state index is 0.161. The molecule has 0 bridgehead atoms. The van der Waals surface area contributed by atoms with Gasteiger partial charge in [0.2, 0.25) is 0 Å². The summed E-state index contributed by atoms with van der Waals surface area (Å²) in [6.45, 7) is 4.08. The predicted octanol–water partition coefficient (Wildman–Crippen LogP) is 5.74. The summed E-state index contributed by atoms with van der Waals surface area (Å²) in [5.74, 6) is 0.824. The quantitative estimate of drug-likeness (QED) is 0.483. The zero-order chi connectivity index (χ0) is 18.1. The zero-order valence-corrected chi connectivity index (χ0v) is 14.6. The van der Waals surface area contributed by atoms with Gasteiger partial charge in [-0.15, -0.1) is 10.2 Å². The summed E-state index contributed by atoms with van der Waals surface area (Å²) in [4.78, 5) is 4.74. The molecule has 0 saturated carbocycles. The van der Waals surface area contributed by atoms with E-state index in [2.05, 4.69) is 29.3 Å². The van der Waals surface area contributed by atoms with Crippen LogP contribution >= 0.6 is 0 Å². The highest BCUT2D eigenvalue weighted by molar-refractivity contribution is 5.74. The van der Waals surface area contributed by atoms with Gasteiger partial charge >= 0.3 is 0 Å². The summed E-state index contributed by atoms with van der Waals surface area (Å²) in [6, 6.07) is 18.9. The van der Waals surface area contributed by atoms with Crippen molar-refractivity contribution in [3.05, 3.63) is 78.0 Å². The molecule has 128 valence electrons. The third-order valence-corrected chi connectivity index (χ3v) is 4.16. The first kappa shape index (κ1) is 16.0. The second-order valence-electron chi connectivity index (χ2n) is 6.30. The van der Waals surface area contributed by atoms with E-state index in [9.17, 15) is 5.11 Å². The summed E-state index contributed by atoms with van der Waals surface area (Å²) in [6.07, 6.45) is 2.00. The van der Waals surface area contributed by atoms with Gasteiger partial charge < -0.3 is 5.11 Å². The SMILES string of the molecule is Cc1ccc(-c2nc3ccc(C)cn3c2N=Nc2cccc(O)c2)cc1. The Balaban J connectivity index is 1.88. The van der Waals surface area contributed by atoms with Crippen molar-refractivity contribution in [3.8, 4) is 17.0 Å². The molecule has 1 N–H and O–H groups in total. The Morgan fingerprint density at radius 1 is 0.885 bits per heavy atom. The van der Waals surface area contributed by atoms with Gasteiger partial charge in [-0.25, -0.2) is 4.98 Å². The lowest BCUT2D eigenvalue weighted by atomic mass is 10.1. The maximum atomic E-state index is 9.62. The molecule has 4 aromatic rings. The lowest BCUT2D eigenvalue weighted by Crippen LogP contribution is -1.85. The average molecular weight is 342 g/mol. The molecule has 0 atom stereocenters. The largest absolute Gasteiger partial charge is 0.508 e. The number of imidazole rings is 1. The third kappa shape index (κ3) is 3.07. The van der Waals surface area contributed by atoms with Gasteiger partial charge in [0.05, 0.1) is 5.69 Å². The average Bonchev–Trinajstić information content (AvgIpc) is 2.98. The van der Waals surface area contributed by atoms with Crippen LogP contribution in [0.5, 0.6) is 5.75 Å². The van der Waals surface area contributed by atoms with Crippen LogP contribution in [0.15, 0.2) is 77.1 Å². The lowest BCUT2D eigenvalue weighted by Gasteiger charge is -2.01. The number of hydrogen-bond acceptors (Lipinski definition) is 4. The maximum Gasteiger partial charge on any atom is 0.187 e. The van der Waals surface area contributed by atoms with E-state index in [0.717, 1.165) is 22.5 Å². The lowest BCUT2D eigenvalue weighted by molar-refractivity contribution is 0.475. The molecular weight excluding hydrogens is 324 g/mol. The van der Waals surface area contributed by atoms with E-state index in [4.69, 9.17) is 4.98 Å². The molecule has 5 nitrogen and oxygen atoms in total. The van der Waals surface area contributed by atoms with Crippen LogP contribution in [0, 0.1) is 13.8 Å². The van der Waals surface area contributed by atoms with Crippen LogP contribution in [-0.4, -0.2) is 14.5 Å². The summed E-state index contributed by atoms with van der Waals surface area (Å²) < 4.78 is 1.94. The highest BCUT2D eigenvalue weighted by Crippen LogP contribution is 2.33. The van der Waals surface area contributed by atoms with Crippen molar-refractivity contribution in [2.75, 3.05) is 0 Å². The first-order chi connectivity index (χ1) is 12.6. The maximum absolute atomic E-state index is 9.62. The smallest absolute Gasteiger partial charge is 0.187 e. The second kappa shape index (κ2) is 6.44. The van der Waals surface area contributed by atoms with Gasteiger partial charge in [0.25, 0.3) is 0 Å². The Morgan fingerprint density at radius 2 is 1.65 bits per heavy atom. The van der Waals surface area contributed by atoms with Gasteiger partial charge in [0.15, 0.2) is 5.82 Å². The number of aromatic hydroxyl groups is 1. The van der Waals surface area contributed by atoms with E-state index in [1.165, 1.54) is 5.56 Å². The number of fused-ring (bicyclic) bond motifs is 1. The number of phenols is 1. The first-order valence-corrected chi connectivity index (χ1v) is 8.37. The molecule has 0 radical (unpaired) electrons. The molecule has 0 aliphatic carbocycles. The van der Waals surface area contributed by atoms with Gasteiger partial charge in [0, 0.05) is 17.8 Å². The van der Waals surface area contributed by atoms with Crippen LogP contribution in [0.2, 0.25) is 0 Å². The van der Waals surface area contributed by atoms with Gasteiger partial charge in [-0.2, -0.15) is 0 Å². The molecule has 0 saturated heterocycles. The minimum Gasteiger partial charge on any atom is -0.508 e. The number of phenolic OH excluding ortho intramolecular Hbond substituents is 1. The Morgan fingerprint density at radius 3 is 2.42 bits per heavy atom. The van der Waals surface area contributed by atoms with Crippen molar-refractivity contribution in [2.24, 2.45) is 10.2 Å². The summed E-state index contributed by atoms with van der Waals surface area (Å²) >= 11 is 0. The van der Waals surface area contributed by atoms with E-state index in [1.807, 2.05) is 41.8 Å². The molecule has 0 fully saturated rings. The molecule has 2 heterocycles. The van der Waals surface area contributed by atoms with Crippen LogP contribution < -0.4 is 0 Å². The van der Waals surface area contributed by atoms with Gasteiger partial charge in [-0.05, 0) is 37.6 Å². The molecule has 5 heteroatoms. The Bertz CT molecular complexity index is 1110. The topological polar surface area (TPSA) is 62.2 Å². The molecule has 2 aromatic carbocycles. The number of pyridine rings is 1. The van der Waals surface area contributed by atoms with E-state index >= 15 is 0 Å². The van der Waals surface area contributed by atoms with Crippen molar-refractivity contribution in [3.63, 3.8) is 0 Å². The fourth-order valence-electron chi connectivity index (χ4n) is 2.80. The highest BCUT2D eigenvalue weighted by atomic mass is 16.3. The van der Waals surface area contributed by atoms with Crippen LogP contribution in [0.1, 0.15) is 11.1 Å². The molecule has 0 amide bonds. The van der Waals surface area contributed by atoms with Crippen molar-refractivity contribution in [2.45, 2.75) is 13.8 Å². The molecule has 0 aliphatic heterocycles. The Kier molecular flexibility index (Phi) is 3.97. The molecule has 2 aromatic heterocycles. The van der Waals surface area contributed by atoms with Crippen LogP contribution in [0.4, 0.5) is 11.5 Å². The van der Waals surface area contributed by atoms with Crippen LogP contribution in [-0.2, 0) is 0 Å². The zero-order valence-electron chi connectivity index (χ0n) is 14.6. The van der Waals surface area contributed by atoms with Crippen molar-refractivity contribution >= 4 is 17.2 Å². The number of azo groups is 1. The van der Waals surface area contributed by atoms with Crippen LogP contribution in [0.25, 0.3) is 16.9 Å². The number of nitrogens with zero attached hydrogens (tertiary/aromatic N) is 4. The Labute approximate surface area is 151 Å². The molecule has 0 spiro atoms. The van der Waals surface area contributed by atoms with Crippen molar-refractivity contribution < 1.29 is 5.11 Å². The van der Waals surface area contributed by atoms with E-state index in [-0.39, 0.29) is 5.75 Å². The van der Waals surface area contributed by atoms with Gasteiger partial charge in [0.1, 0.15) is 17.1 Å². The van der Waals surface area contributed by atoms with Gasteiger partial charge in [-0.3, -0.25) is 4.40 Å². The highest BCUT2D eigenvalue weighted by Gasteiger charge is 2.14. The summed E-state index contributed by atoms with van der Waals surface area (Å²) in [7, 11) is 0. The van der Waals surface area contributed by atoms with E-state index < -0.39 is 0 Å². The van der Waals surface area contributed by atoms with Crippen LogP contribution in [0.3, 0.4) is 0 Å². The number of aryl methyl sites for hydroxylation is 2. The van der Waals surface area contributed by atoms with E-state index in [1.54, 1.807) is 24.3 Å². The van der Waals surface area contributed by atoms with E-state index in [0.29, 0.717) is 11.5 Å². The first-order valence-electron chi connectivity index (χ1n) is 8.37. The third-order valence-electron chi connectivity index (χ3n) is 4.16. The fourth-order valence-corrected chi connectivity index (χ4v) is 2.80. The summed E-state index contributed by atoms with van der Waals surface area (Å²) in [5, 5.41) is 18.4. The van der Waals surface area contributed by atoms with Crippen molar-refractivity contribution in [1.82, 2.24) is 9.38 Å². The second-order valence-corrected chi connectivity index (χ2v) is 6.30. The molecule has 26 heavy (non-hydrogen) atoms. The number of benzene rings is 2. The number of aromatic nitrogens is 2. The molecule has 4 rings (SSSR count). The number of hydrogen-bond donors (Lipinski definition) is 1. The molecule has 0 aliphatic rings. The predicted molar refractivity (Wildman–Crippen MR) is 102 cm³/mol. The normalized spacial score (nSPS) is 11.5. The fraction of sp³-hybridized carbons (Fsp3) is 0.0952. The summed E-state index contributed by atoms with van der Waals surface area (Å²) in [5.41, 5.74) is 5.47. The number of rotatable bonds is 3. The standard InChI is InChI=1S/C21H18N4O/c1-14-6-9-16(10-7-14)20-21(24-23-17-4-3-5-18(26)12-17)25-13-15(2)8-11-19(25)22-20/h3-13,26H,1-2H3. The monoisotopic (exact) mass is 342 g/mol. The minimum absolute atomic E-state index is 0.161. The Hall–Kier alpha value is -3.47. The molecular formula is C21H18N4O.